The van der Waals surface area contributed by atoms with Gasteiger partial charge in [-0.15, -0.1) is 0 Å². The topological polar surface area (TPSA) is 33.1 Å². The summed E-state index contributed by atoms with van der Waals surface area (Å²) in [6, 6.07) is 1.55. The molecule has 0 bridgehead atoms. The van der Waals surface area contributed by atoms with Gasteiger partial charge in [-0.1, -0.05) is 6.92 Å². The van der Waals surface area contributed by atoms with E-state index in [1.807, 2.05) is 6.20 Å². The third-order valence-corrected chi connectivity index (χ3v) is 4.67. The van der Waals surface area contributed by atoms with Gasteiger partial charge in [0.2, 0.25) is 0 Å². The van der Waals surface area contributed by atoms with E-state index in [0.29, 0.717) is 0 Å². The predicted molar refractivity (Wildman–Crippen MR) is 77.0 cm³/mol. The first kappa shape index (κ1) is 13.1. The van der Waals surface area contributed by atoms with Crippen LogP contribution in [0.3, 0.4) is 0 Å². The third kappa shape index (κ3) is 3.00. The molecule has 0 radical (unpaired) electrons. The first-order valence-corrected chi connectivity index (χ1v) is 7.84. The second kappa shape index (κ2) is 6.06. The number of aromatic nitrogens is 2. The van der Waals surface area contributed by atoms with E-state index in [2.05, 4.69) is 32.9 Å². The molecular weight excluding hydrogens is 236 g/mol. The highest BCUT2D eigenvalue weighted by molar-refractivity contribution is 4.97. The SMILES string of the molecule is CCCNC1CCC(N2CCn3ccnc3C2)CC1. The number of rotatable bonds is 4. The molecule has 1 saturated carbocycles. The van der Waals surface area contributed by atoms with Crippen LogP contribution in [0.4, 0.5) is 0 Å². The average Bonchev–Trinajstić information content (AvgIpc) is 2.93. The maximum Gasteiger partial charge on any atom is 0.122 e. The zero-order valence-electron chi connectivity index (χ0n) is 12.0. The molecule has 4 heteroatoms. The highest BCUT2D eigenvalue weighted by Gasteiger charge is 2.28. The molecular formula is C15H26N4. The van der Waals surface area contributed by atoms with Gasteiger partial charge in [-0.25, -0.2) is 4.98 Å². The predicted octanol–water partition coefficient (Wildman–Crippen LogP) is 2.01. The molecule has 1 aromatic heterocycles. The summed E-state index contributed by atoms with van der Waals surface area (Å²) in [5.74, 6) is 1.25. The van der Waals surface area contributed by atoms with E-state index >= 15 is 0 Å². The van der Waals surface area contributed by atoms with Crippen LogP contribution in [0.5, 0.6) is 0 Å². The summed E-state index contributed by atoms with van der Waals surface area (Å²) in [5.41, 5.74) is 0. The molecule has 2 heterocycles. The van der Waals surface area contributed by atoms with E-state index in [4.69, 9.17) is 0 Å². The van der Waals surface area contributed by atoms with E-state index < -0.39 is 0 Å². The second-order valence-electron chi connectivity index (χ2n) is 5.97. The Kier molecular flexibility index (Phi) is 4.18. The van der Waals surface area contributed by atoms with Crippen LogP contribution in [-0.2, 0) is 13.1 Å². The van der Waals surface area contributed by atoms with Crippen LogP contribution in [-0.4, -0.2) is 39.6 Å². The number of imidazole rings is 1. The number of nitrogens with one attached hydrogen (secondary N) is 1. The second-order valence-corrected chi connectivity index (χ2v) is 5.97. The Hall–Kier alpha value is -0.870. The van der Waals surface area contributed by atoms with E-state index in [1.165, 1.54) is 51.0 Å². The number of nitrogens with zero attached hydrogens (tertiary/aromatic N) is 3. The van der Waals surface area contributed by atoms with Crippen LogP contribution in [0.1, 0.15) is 44.9 Å². The Bertz CT molecular complexity index is 393. The lowest BCUT2D eigenvalue weighted by Gasteiger charge is -2.39. The van der Waals surface area contributed by atoms with Gasteiger partial charge < -0.3 is 9.88 Å². The molecule has 1 aliphatic carbocycles. The Morgan fingerprint density at radius 3 is 2.89 bits per heavy atom. The van der Waals surface area contributed by atoms with Crippen molar-refractivity contribution in [2.45, 2.75) is 64.2 Å². The summed E-state index contributed by atoms with van der Waals surface area (Å²) in [6.45, 7) is 6.78. The van der Waals surface area contributed by atoms with Crippen molar-refractivity contribution in [2.24, 2.45) is 0 Å². The average molecular weight is 262 g/mol. The van der Waals surface area contributed by atoms with Crippen LogP contribution in [0, 0.1) is 0 Å². The van der Waals surface area contributed by atoms with Crippen LogP contribution < -0.4 is 5.32 Å². The Balaban J connectivity index is 1.50. The molecule has 0 spiro atoms. The van der Waals surface area contributed by atoms with Crippen LogP contribution in [0.25, 0.3) is 0 Å². The minimum Gasteiger partial charge on any atom is -0.333 e. The minimum absolute atomic E-state index is 0.767. The fraction of sp³-hybridized carbons (Fsp3) is 0.800. The molecule has 1 aliphatic heterocycles. The van der Waals surface area contributed by atoms with Crippen molar-refractivity contribution in [1.82, 2.24) is 19.8 Å². The minimum atomic E-state index is 0.767. The lowest BCUT2D eigenvalue weighted by molar-refractivity contribution is 0.112. The number of hydrogen-bond donors (Lipinski definition) is 1. The Morgan fingerprint density at radius 1 is 1.26 bits per heavy atom. The quantitative estimate of drug-likeness (QED) is 0.901. The van der Waals surface area contributed by atoms with Crippen molar-refractivity contribution < 1.29 is 0 Å². The van der Waals surface area contributed by atoms with Crippen molar-refractivity contribution in [3.05, 3.63) is 18.2 Å². The first-order valence-electron chi connectivity index (χ1n) is 7.84. The molecule has 4 nitrogen and oxygen atoms in total. The van der Waals surface area contributed by atoms with Gasteiger partial charge in [0.1, 0.15) is 5.82 Å². The first-order chi connectivity index (χ1) is 9.36. The van der Waals surface area contributed by atoms with Crippen molar-refractivity contribution >= 4 is 0 Å². The smallest absolute Gasteiger partial charge is 0.122 e. The van der Waals surface area contributed by atoms with Gasteiger partial charge in [-0.05, 0) is 38.6 Å². The Morgan fingerprint density at radius 2 is 2.11 bits per heavy atom. The summed E-state index contributed by atoms with van der Waals surface area (Å²) < 4.78 is 2.30. The molecule has 2 aliphatic rings. The van der Waals surface area contributed by atoms with E-state index in [0.717, 1.165) is 25.2 Å². The summed E-state index contributed by atoms with van der Waals surface area (Å²) in [7, 11) is 0. The van der Waals surface area contributed by atoms with Crippen LogP contribution in [0.2, 0.25) is 0 Å². The number of hydrogen-bond acceptors (Lipinski definition) is 3. The normalized spacial score (nSPS) is 28.3. The van der Waals surface area contributed by atoms with Crippen molar-refractivity contribution in [2.75, 3.05) is 13.1 Å². The van der Waals surface area contributed by atoms with Gasteiger partial charge in [0, 0.05) is 37.6 Å². The highest BCUT2D eigenvalue weighted by Crippen LogP contribution is 2.25. The molecule has 1 N–H and O–H groups in total. The summed E-state index contributed by atoms with van der Waals surface area (Å²) in [4.78, 5) is 7.12. The van der Waals surface area contributed by atoms with Gasteiger partial charge in [-0.2, -0.15) is 0 Å². The molecule has 0 unspecified atom stereocenters. The molecule has 0 amide bonds. The van der Waals surface area contributed by atoms with Crippen LogP contribution >= 0.6 is 0 Å². The van der Waals surface area contributed by atoms with Crippen molar-refractivity contribution in [3.63, 3.8) is 0 Å². The fourth-order valence-electron chi connectivity index (χ4n) is 3.50. The largest absolute Gasteiger partial charge is 0.333 e. The highest BCUT2D eigenvalue weighted by atomic mass is 15.3. The molecule has 1 aromatic rings. The molecule has 19 heavy (non-hydrogen) atoms. The zero-order chi connectivity index (χ0) is 13.1. The lowest BCUT2D eigenvalue weighted by Crippen LogP contribution is -2.45. The fourth-order valence-corrected chi connectivity index (χ4v) is 3.50. The molecule has 0 atom stereocenters. The van der Waals surface area contributed by atoms with Crippen LogP contribution in [0.15, 0.2) is 12.4 Å². The van der Waals surface area contributed by atoms with Gasteiger partial charge in [0.25, 0.3) is 0 Å². The molecule has 1 fully saturated rings. The van der Waals surface area contributed by atoms with E-state index in [-0.39, 0.29) is 0 Å². The monoisotopic (exact) mass is 262 g/mol. The van der Waals surface area contributed by atoms with Crippen molar-refractivity contribution in [1.29, 1.82) is 0 Å². The maximum atomic E-state index is 4.47. The third-order valence-electron chi connectivity index (χ3n) is 4.67. The van der Waals surface area contributed by atoms with E-state index in [1.54, 1.807) is 0 Å². The molecule has 3 rings (SSSR count). The zero-order valence-corrected chi connectivity index (χ0v) is 12.0. The Labute approximate surface area is 116 Å². The molecule has 106 valence electrons. The standard InChI is InChI=1S/C15H26N4/c1-2-7-16-13-3-5-14(6-4-13)19-11-10-18-9-8-17-15(18)12-19/h8-9,13-14,16H,2-7,10-12H2,1H3. The van der Waals surface area contributed by atoms with Gasteiger partial charge in [0.05, 0.1) is 6.54 Å². The molecule has 0 saturated heterocycles. The summed E-state index contributed by atoms with van der Waals surface area (Å²) in [5, 5.41) is 3.67. The summed E-state index contributed by atoms with van der Waals surface area (Å²) in [6.07, 6.45) is 10.7. The maximum absolute atomic E-state index is 4.47. The van der Waals surface area contributed by atoms with E-state index in [9.17, 15) is 0 Å². The lowest BCUT2D eigenvalue weighted by atomic mass is 9.90. The molecule has 0 aromatic carbocycles. The van der Waals surface area contributed by atoms with Gasteiger partial charge >= 0.3 is 0 Å². The number of fused-ring (bicyclic) bond motifs is 1. The van der Waals surface area contributed by atoms with Crippen molar-refractivity contribution in [3.8, 4) is 0 Å². The van der Waals surface area contributed by atoms with Gasteiger partial charge in [0.15, 0.2) is 0 Å². The van der Waals surface area contributed by atoms with Gasteiger partial charge in [-0.3, -0.25) is 4.90 Å². The summed E-state index contributed by atoms with van der Waals surface area (Å²) >= 11 is 0.